The number of benzene rings is 3. The number of carboxylic acid groups (broad SMARTS) is 1. The van der Waals surface area contributed by atoms with Crippen LogP contribution < -0.4 is 16.2 Å². The summed E-state index contributed by atoms with van der Waals surface area (Å²) in [6.07, 6.45) is -0.405. The van der Waals surface area contributed by atoms with Gasteiger partial charge in [0.1, 0.15) is 23.2 Å². The molecule has 1 heterocycles. The molecule has 0 aliphatic heterocycles. The number of aliphatic carboxylic acids is 1. The molecular weight excluding hydrogens is 618 g/mol. The van der Waals surface area contributed by atoms with E-state index in [0.29, 0.717) is 34.5 Å². The summed E-state index contributed by atoms with van der Waals surface area (Å²) >= 11 is 0. The molecule has 8 nitrogen and oxygen atoms in total. The summed E-state index contributed by atoms with van der Waals surface area (Å²) in [6.45, 7) is 6.52. The maximum Gasteiger partial charge on any atom is 0.305 e. The van der Waals surface area contributed by atoms with Crippen LogP contribution in [-0.4, -0.2) is 33.5 Å². The SMILES string of the molecule is CCC[C@H](NC(=O)c1ccc(C)n(-c2ccc(F)cc2)c1=O)C(=O)N[C@@H](CC(=O)O)c1cc(-c2c(C)cc(F)cc2C)cc(F)c1F. The van der Waals surface area contributed by atoms with Gasteiger partial charge in [0.2, 0.25) is 5.91 Å². The highest BCUT2D eigenvalue weighted by atomic mass is 19.2. The Hall–Kier alpha value is -5.26. The van der Waals surface area contributed by atoms with Crippen LogP contribution >= 0.6 is 0 Å². The number of hydrogen-bond donors (Lipinski definition) is 3. The molecule has 0 radical (unpaired) electrons. The first kappa shape index (κ1) is 34.6. The standard InChI is InChI=1S/C35H33F4N3O5/c1-5-6-28(40-33(45)25-12-7-20(4)42(35(25)47)24-10-8-22(36)9-11-24)34(46)41-29(17-30(43)44)26-15-21(16-27(38)32(26)39)31-18(2)13-23(37)14-19(31)3/h7-16,28-29H,5-6,17H2,1-4H3,(H,40,45)(H,41,46)(H,43,44)/t28-,29-/m0/s1. The highest BCUT2D eigenvalue weighted by molar-refractivity contribution is 5.97. The maximum atomic E-state index is 15.3. The van der Waals surface area contributed by atoms with E-state index in [2.05, 4.69) is 10.6 Å². The predicted molar refractivity (Wildman–Crippen MR) is 167 cm³/mol. The fourth-order valence-corrected chi connectivity index (χ4v) is 5.57. The molecule has 2 amide bonds. The van der Waals surface area contributed by atoms with E-state index in [1.807, 2.05) is 0 Å². The molecule has 0 spiro atoms. The molecule has 0 unspecified atom stereocenters. The van der Waals surface area contributed by atoms with Gasteiger partial charge in [-0.2, -0.15) is 0 Å². The van der Waals surface area contributed by atoms with Gasteiger partial charge in [-0.3, -0.25) is 23.7 Å². The molecule has 3 aromatic carbocycles. The maximum absolute atomic E-state index is 15.3. The summed E-state index contributed by atoms with van der Waals surface area (Å²) in [5, 5.41) is 14.5. The Bertz CT molecular complexity index is 1880. The van der Waals surface area contributed by atoms with E-state index < -0.39 is 70.7 Å². The highest BCUT2D eigenvalue weighted by Crippen LogP contribution is 2.33. The number of halogens is 4. The van der Waals surface area contributed by atoms with Crippen LogP contribution in [0.2, 0.25) is 0 Å². The van der Waals surface area contributed by atoms with Crippen LogP contribution in [0.5, 0.6) is 0 Å². The highest BCUT2D eigenvalue weighted by Gasteiger charge is 2.29. The van der Waals surface area contributed by atoms with Crippen LogP contribution in [0.4, 0.5) is 17.6 Å². The quantitative estimate of drug-likeness (QED) is 0.167. The molecule has 0 aliphatic rings. The molecular formula is C35H33F4N3O5. The second kappa shape index (κ2) is 14.4. The van der Waals surface area contributed by atoms with Gasteiger partial charge in [0.05, 0.1) is 12.5 Å². The van der Waals surface area contributed by atoms with Gasteiger partial charge >= 0.3 is 5.97 Å². The van der Waals surface area contributed by atoms with Gasteiger partial charge < -0.3 is 15.7 Å². The number of aromatic nitrogens is 1. The molecule has 4 rings (SSSR count). The number of amides is 2. The van der Waals surface area contributed by atoms with Crippen molar-refractivity contribution in [1.82, 2.24) is 15.2 Å². The van der Waals surface area contributed by atoms with E-state index in [1.54, 1.807) is 27.7 Å². The number of aryl methyl sites for hydroxylation is 3. The molecule has 47 heavy (non-hydrogen) atoms. The lowest BCUT2D eigenvalue weighted by Gasteiger charge is -2.24. The summed E-state index contributed by atoms with van der Waals surface area (Å²) in [7, 11) is 0. The molecule has 4 aromatic rings. The number of carbonyl (C=O) groups is 3. The lowest BCUT2D eigenvalue weighted by atomic mass is 9.91. The topological polar surface area (TPSA) is 118 Å². The summed E-state index contributed by atoms with van der Waals surface area (Å²) < 4.78 is 58.9. The molecule has 12 heteroatoms. The lowest BCUT2D eigenvalue weighted by Crippen LogP contribution is -2.49. The van der Waals surface area contributed by atoms with Crippen LogP contribution in [0.15, 0.2) is 65.5 Å². The monoisotopic (exact) mass is 651 g/mol. The third-order valence-electron chi connectivity index (χ3n) is 7.72. The number of nitrogens with one attached hydrogen (secondary N) is 2. The first-order valence-electron chi connectivity index (χ1n) is 14.8. The van der Waals surface area contributed by atoms with Crippen molar-refractivity contribution in [2.45, 2.75) is 59.0 Å². The fourth-order valence-electron chi connectivity index (χ4n) is 5.57. The largest absolute Gasteiger partial charge is 0.481 e. The number of carboxylic acids is 1. The van der Waals surface area contributed by atoms with Gasteiger partial charge in [0, 0.05) is 16.9 Å². The Morgan fingerprint density at radius 2 is 1.49 bits per heavy atom. The molecule has 1 aromatic heterocycles. The molecule has 3 N–H and O–H groups in total. The molecule has 2 atom stereocenters. The third-order valence-corrected chi connectivity index (χ3v) is 7.72. The summed E-state index contributed by atoms with van der Waals surface area (Å²) in [5.41, 5.74) is 0.682. The summed E-state index contributed by atoms with van der Waals surface area (Å²) in [4.78, 5) is 52.0. The number of pyridine rings is 1. The van der Waals surface area contributed by atoms with Crippen molar-refractivity contribution < 1.29 is 37.1 Å². The Labute approximate surface area is 268 Å². The van der Waals surface area contributed by atoms with Gasteiger partial charge in [-0.15, -0.1) is 0 Å². The van der Waals surface area contributed by atoms with E-state index >= 15 is 4.39 Å². The van der Waals surface area contributed by atoms with E-state index in [9.17, 15) is 37.5 Å². The first-order valence-corrected chi connectivity index (χ1v) is 14.8. The second-order valence-electron chi connectivity index (χ2n) is 11.3. The van der Waals surface area contributed by atoms with Gasteiger partial charge in [-0.25, -0.2) is 17.6 Å². The van der Waals surface area contributed by atoms with Crippen molar-refractivity contribution >= 4 is 17.8 Å². The Balaban J connectivity index is 1.67. The van der Waals surface area contributed by atoms with Gasteiger partial charge in [0.25, 0.3) is 11.5 Å². The number of rotatable bonds is 11. The normalized spacial score (nSPS) is 12.3. The van der Waals surface area contributed by atoms with Crippen LogP contribution in [0.3, 0.4) is 0 Å². The van der Waals surface area contributed by atoms with Crippen molar-refractivity contribution in [3.8, 4) is 16.8 Å². The average Bonchev–Trinajstić information content (AvgIpc) is 2.98. The van der Waals surface area contributed by atoms with E-state index in [-0.39, 0.29) is 17.5 Å². The number of carbonyl (C=O) groups excluding carboxylic acids is 2. The zero-order chi connectivity index (χ0) is 34.6. The van der Waals surface area contributed by atoms with E-state index in [1.165, 1.54) is 47.0 Å². The molecule has 246 valence electrons. The van der Waals surface area contributed by atoms with E-state index in [4.69, 9.17) is 0 Å². The molecule has 0 bridgehead atoms. The molecule has 0 aliphatic carbocycles. The number of hydrogen-bond acceptors (Lipinski definition) is 4. The Morgan fingerprint density at radius 3 is 2.09 bits per heavy atom. The zero-order valence-electron chi connectivity index (χ0n) is 26.1. The fraction of sp³-hybridized carbons (Fsp3) is 0.257. The second-order valence-corrected chi connectivity index (χ2v) is 11.3. The third kappa shape index (κ3) is 7.76. The molecule has 0 saturated heterocycles. The summed E-state index contributed by atoms with van der Waals surface area (Å²) in [6, 6.07) is 9.56. The van der Waals surface area contributed by atoms with Gasteiger partial charge in [-0.05, 0) is 110 Å². The minimum atomic E-state index is -1.57. The van der Waals surface area contributed by atoms with Crippen molar-refractivity contribution in [1.29, 1.82) is 0 Å². The van der Waals surface area contributed by atoms with Crippen molar-refractivity contribution in [3.63, 3.8) is 0 Å². The predicted octanol–water partition coefficient (Wildman–Crippen LogP) is 6.22. The van der Waals surface area contributed by atoms with Crippen LogP contribution in [-0.2, 0) is 9.59 Å². The van der Waals surface area contributed by atoms with Crippen molar-refractivity contribution in [2.75, 3.05) is 0 Å². The van der Waals surface area contributed by atoms with Crippen molar-refractivity contribution in [3.05, 3.63) is 122 Å². The van der Waals surface area contributed by atoms with Crippen LogP contribution in [0.1, 0.15) is 65.0 Å². The zero-order valence-corrected chi connectivity index (χ0v) is 26.1. The van der Waals surface area contributed by atoms with Gasteiger partial charge in [-0.1, -0.05) is 13.3 Å². The van der Waals surface area contributed by atoms with Crippen molar-refractivity contribution in [2.24, 2.45) is 0 Å². The van der Waals surface area contributed by atoms with E-state index in [0.717, 1.165) is 18.2 Å². The van der Waals surface area contributed by atoms with Gasteiger partial charge in [0.15, 0.2) is 11.6 Å². The minimum Gasteiger partial charge on any atom is -0.481 e. The first-order chi connectivity index (χ1) is 22.2. The Morgan fingerprint density at radius 1 is 0.851 bits per heavy atom. The average molecular weight is 652 g/mol. The van der Waals surface area contributed by atoms with Crippen LogP contribution in [0, 0.1) is 44.0 Å². The minimum absolute atomic E-state index is 0.0558. The summed E-state index contributed by atoms with van der Waals surface area (Å²) in [5.74, 6) is -6.95. The number of nitrogens with zero attached hydrogens (tertiary/aromatic N) is 1. The lowest BCUT2D eigenvalue weighted by molar-refractivity contribution is -0.137. The van der Waals surface area contributed by atoms with Crippen LogP contribution in [0.25, 0.3) is 16.8 Å². The smallest absolute Gasteiger partial charge is 0.305 e. The Kier molecular flexibility index (Phi) is 10.6. The molecule has 0 fully saturated rings. The molecule has 0 saturated carbocycles.